The molecule has 1 rings (SSSR count). The first kappa shape index (κ1) is 10.5. The summed E-state index contributed by atoms with van der Waals surface area (Å²) in [6, 6.07) is 0. The number of Topliss-reactive ketones (excluding diaryl/α,β-unsaturated/α-hetero) is 1. The molecule has 0 aromatic carbocycles. The fourth-order valence-electron chi connectivity index (χ4n) is 1.72. The number of rotatable bonds is 0. The molecule has 1 aliphatic rings. The molecule has 1 nitrogen and oxygen atoms in total. The Kier molecular flexibility index (Phi) is 5.55. The molecule has 0 heterocycles. The highest BCUT2D eigenvalue weighted by molar-refractivity contribution is 5.78. The van der Waals surface area contributed by atoms with E-state index in [1.165, 1.54) is 25.7 Å². The molecule has 0 radical (unpaired) electrons. The van der Waals surface area contributed by atoms with Gasteiger partial charge in [-0.2, -0.15) is 0 Å². The topological polar surface area (TPSA) is 17.1 Å². The van der Waals surface area contributed by atoms with Crippen LogP contribution in [0.1, 0.15) is 57.8 Å². The van der Waals surface area contributed by atoms with E-state index in [0.29, 0.717) is 5.78 Å². The molecule has 0 bridgehead atoms. The van der Waals surface area contributed by atoms with E-state index in [1.54, 1.807) is 0 Å². The second-order valence-electron chi connectivity index (χ2n) is 3.86. The Balaban J connectivity index is 2.24. The van der Waals surface area contributed by atoms with Crippen molar-refractivity contribution >= 4 is 5.78 Å². The number of hydrogen-bond acceptors (Lipinski definition) is 1. The van der Waals surface area contributed by atoms with E-state index in [9.17, 15) is 4.79 Å². The number of carbonyl (C=O) groups excluding carboxylic acids is 1. The maximum absolute atomic E-state index is 11.3. The summed E-state index contributed by atoms with van der Waals surface area (Å²) in [5, 5.41) is 0. The molecule has 0 aromatic heterocycles. The Bertz CT molecular complexity index is 170. The average molecular weight is 180 g/mol. The summed E-state index contributed by atoms with van der Waals surface area (Å²) in [6.45, 7) is 0. The van der Waals surface area contributed by atoms with Gasteiger partial charge in [0.2, 0.25) is 0 Å². The molecular weight excluding hydrogens is 160 g/mol. The van der Waals surface area contributed by atoms with Gasteiger partial charge < -0.3 is 0 Å². The van der Waals surface area contributed by atoms with E-state index < -0.39 is 0 Å². The van der Waals surface area contributed by atoms with Gasteiger partial charge in [-0.15, -0.1) is 0 Å². The summed E-state index contributed by atoms with van der Waals surface area (Å²) in [5.41, 5.74) is 0. The maximum atomic E-state index is 11.3. The Labute approximate surface area is 81.2 Å². The van der Waals surface area contributed by atoms with Crippen molar-refractivity contribution in [2.45, 2.75) is 57.8 Å². The van der Waals surface area contributed by atoms with Crippen LogP contribution in [0.15, 0.2) is 12.2 Å². The van der Waals surface area contributed by atoms with E-state index >= 15 is 0 Å². The van der Waals surface area contributed by atoms with Gasteiger partial charge in [-0.25, -0.2) is 0 Å². The fraction of sp³-hybridized carbons (Fsp3) is 0.750. The zero-order valence-corrected chi connectivity index (χ0v) is 8.43. The van der Waals surface area contributed by atoms with E-state index in [1.807, 2.05) is 0 Å². The molecule has 0 unspecified atom stereocenters. The largest absolute Gasteiger partial charge is 0.300 e. The molecule has 0 aliphatic heterocycles. The third-order valence-corrected chi connectivity index (χ3v) is 2.57. The van der Waals surface area contributed by atoms with Crippen LogP contribution in [0.25, 0.3) is 0 Å². The maximum Gasteiger partial charge on any atom is 0.132 e. The van der Waals surface area contributed by atoms with Gasteiger partial charge in [0.05, 0.1) is 0 Å². The lowest BCUT2D eigenvalue weighted by Gasteiger charge is -2.02. The van der Waals surface area contributed by atoms with Crippen molar-refractivity contribution in [1.82, 2.24) is 0 Å². The lowest BCUT2D eigenvalue weighted by Crippen LogP contribution is -1.97. The van der Waals surface area contributed by atoms with Gasteiger partial charge in [-0.05, 0) is 32.1 Å². The first-order valence-corrected chi connectivity index (χ1v) is 5.56. The average Bonchev–Trinajstić information content (AvgIpc) is 2.11. The first-order valence-electron chi connectivity index (χ1n) is 5.56. The van der Waals surface area contributed by atoms with Gasteiger partial charge in [0.1, 0.15) is 5.78 Å². The predicted octanol–water partition coefficient (Wildman–Crippen LogP) is 3.64. The van der Waals surface area contributed by atoms with Gasteiger partial charge >= 0.3 is 0 Å². The molecule has 0 spiro atoms. The van der Waals surface area contributed by atoms with E-state index in [-0.39, 0.29) is 0 Å². The molecule has 1 aliphatic carbocycles. The van der Waals surface area contributed by atoms with Gasteiger partial charge in [-0.3, -0.25) is 4.79 Å². The monoisotopic (exact) mass is 180 g/mol. The smallest absolute Gasteiger partial charge is 0.132 e. The van der Waals surface area contributed by atoms with Crippen molar-refractivity contribution in [1.29, 1.82) is 0 Å². The molecule has 0 saturated heterocycles. The quantitative estimate of drug-likeness (QED) is 0.520. The molecule has 0 atom stereocenters. The summed E-state index contributed by atoms with van der Waals surface area (Å²) in [6.07, 6.45) is 14.4. The third kappa shape index (κ3) is 5.62. The third-order valence-electron chi connectivity index (χ3n) is 2.57. The van der Waals surface area contributed by atoms with Crippen LogP contribution in [-0.4, -0.2) is 5.78 Å². The Morgan fingerprint density at radius 1 is 0.769 bits per heavy atom. The van der Waals surface area contributed by atoms with Crippen LogP contribution in [0.5, 0.6) is 0 Å². The Hall–Kier alpha value is -0.590. The zero-order chi connectivity index (χ0) is 9.36. The number of hydrogen-bond donors (Lipinski definition) is 0. The molecule has 1 heteroatoms. The number of carbonyl (C=O) groups is 1. The van der Waals surface area contributed by atoms with Gasteiger partial charge in [-0.1, -0.05) is 25.0 Å². The number of allylic oxidation sites excluding steroid dienone is 2. The first-order chi connectivity index (χ1) is 6.39. The molecule has 0 saturated carbocycles. The van der Waals surface area contributed by atoms with Crippen molar-refractivity contribution in [3.63, 3.8) is 0 Å². The molecule has 13 heavy (non-hydrogen) atoms. The summed E-state index contributed by atoms with van der Waals surface area (Å²) in [7, 11) is 0. The van der Waals surface area contributed by atoms with Gasteiger partial charge in [0.25, 0.3) is 0 Å². The van der Waals surface area contributed by atoms with E-state index in [4.69, 9.17) is 0 Å². The zero-order valence-electron chi connectivity index (χ0n) is 8.43. The molecule has 0 fully saturated rings. The van der Waals surface area contributed by atoms with Crippen LogP contribution in [0, 0.1) is 0 Å². The second-order valence-corrected chi connectivity index (χ2v) is 3.86. The summed E-state index contributed by atoms with van der Waals surface area (Å²) in [5.74, 6) is 0.467. The SMILES string of the molecule is O=C1CCC/C=C/CCCCCC1. The highest BCUT2D eigenvalue weighted by atomic mass is 16.1. The van der Waals surface area contributed by atoms with Crippen molar-refractivity contribution < 1.29 is 4.79 Å². The molecule has 0 N–H and O–H groups in total. The van der Waals surface area contributed by atoms with Crippen molar-refractivity contribution in [2.24, 2.45) is 0 Å². The van der Waals surface area contributed by atoms with Crippen molar-refractivity contribution in [3.05, 3.63) is 12.2 Å². The van der Waals surface area contributed by atoms with Crippen LogP contribution in [0.4, 0.5) is 0 Å². The van der Waals surface area contributed by atoms with E-state index in [2.05, 4.69) is 12.2 Å². The van der Waals surface area contributed by atoms with Crippen LogP contribution >= 0.6 is 0 Å². The standard InChI is InChI=1S/C12H20O/c13-12-10-8-6-4-2-1-3-5-7-9-11-12/h2,4H,1,3,5-11H2/b4-2+. The van der Waals surface area contributed by atoms with Crippen LogP contribution < -0.4 is 0 Å². The lowest BCUT2D eigenvalue weighted by molar-refractivity contribution is -0.119. The Morgan fingerprint density at radius 2 is 1.38 bits per heavy atom. The molecule has 0 aromatic rings. The molecule has 0 amide bonds. The fourth-order valence-corrected chi connectivity index (χ4v) is 1.72. The van der Waals surface area contributed by atoms with Gasteiger partial charge in [0.15, 0.2) is 0 Å². The Morgan fingerprint density at radius 3 is 2.23 bits per heavy atom. The van der Waals surface area contributed by atoms with Gasteiger partial charge in [0, 0.05) is 12.8 Å². The highest BCUT2D eigenvalue weighted by Crippen LogP contribution is 2.10. The summed E-state index contributed by atoms with van der Waals surface area (Å²) in [4.78, 5) is 11.3. The summed E-state index contributed by atoms with van der Waals surface area (Å²) < 4.78 is 0. The van der Waals surface area contributed by atoms with Crippen LogP contribution in [0.3, 0.4) is 0 Å². The number of ketones is 1. The van der Waals surface area contributed by atoms with Crippen LogP contribution in [0.2, 0.25) is 0 Å². The molecular formula is C12H20O. The normalized spacial score (nSPS) is 24.5. The van der Waals surface area contributed by atoms with E-state index in [0.717, 1.165) is 32.1 Å². The minimum atomic E-state index is 0.467. The minimum Gasteiger partial charge on any atom is -0.300 e. The van der Waals surface area contributed by atoms with Crippen LogP contribution in [-0.2, 0) is 4.79 Å². The highest BCUT2D eigenvalue weighted by Gasteiger charge is 2.01. The van der Waals surface area contributed by atoms with Crippen molar-refractivity contribution in [3.8, 4) is 0 Å². The molecule has 74 valence electrons. The second kappa shape index (κ2) is 6.88. The van der Waals surface area contributed by atoms with Crippen molar-refractivity contribution in [2.75, 3.05) is 0 Å². The predicted molar refractivity (Wildman–Crippen MR) is 55.7 cm³/mol. The summed E-state index contributed by atoms with van der Waals surface area (Å²) >= 11 is 0. The lowest BCUT2D eigenvalue weighted by atomic mass is 10.0. The minimum absolute atomic E-state index is 0.467.